The number of fused-ring (bicyclic) bond motifs is 1. The molecular formula is C22H21FN6. The van der Waals surface area contributed by atoms with Crippen LogP contribution in [0.3, 0.4) is 0 Å². The van der Waals surface area contributed by atoms with Gasteiger partial charge < -0.3 is 5.32 Å². The SMILES string of the molecule is CN1CCC(Nc2ncnc3c2cnn3-c2ccccc2)C1c1ccc(F)cc1. The molecule has 6 nitrogen and oxygen atoms in total. The van der Waals surface area contributed by atoms with Gasteiger partial charge in [-0.2, -0.15) is 5.10 Å². The van der Waals surface area contributed by atoms with Crippen LogP contribution in [0.4, 0.5) is 10.2 Å². The normalized spacial score (nSPS) is 19.7. The monoisotopic (exact) mass is 388 g/mol. The van der Waals surface area contributed by atoms with E-state index in [-0.39, 0.29) is 17.9 Å². The van der Waals surface area contributed by atoms with E-state index in [2.05, 4.69) is 32.3 Å². The van der Waals surface area contributed by atoms with E-state index in [1.54, 1.807) is 12.5 Å². The zero-order valence-corrected chi connectivity index (χ0v) is 16.0. The van der Waals surface area contributed by atoms with Crippen molar-refractivity contribution in [3.8, 4) is 5.69 Å². The molecule has 5 rings (SSSR count). The Morgan fingerprint density at radius 1 is 1.03 bits per heavy atom. The molecule has 1 aliphatic heterocycles. The summed E-state index contributed by atoms with van der Waals surface area (Å²) in [5.41, 5.74) is 2.81. The summed E-state index contributed by atoms with van der Waals surface area (Å²) in [5.74, 6) is 0.550. The summed E-state index contributed by atoms with van der Waals surface area (Å²) in [7, 11) is 2.10. The van der Waals surface area contributed by atoms with E-state index in [1.165, 1.54) is 12.1 Å². The summed E-state index contributed by atoms with van der Waals surface area (Å²) in [6.45, 7) is 0.956. The Kier molecular flexibility index (Phi) is 4.44. The molecule has 4 aromatic rings. The van der Waals surface area contributed by atoms with Crippen LogP contribution in [0.15, 0.2) is 67.1 Å². The Balaban J connectivity index is 1.48. The predicted octanol–water partition coefficient (Wildman–Crippen LogP) is 3.81. The highest BCUT2D eigenvalue weighted by atomic mass is 19.1. The molecule has 1 fully saturated rings. The van der Waals surface area contributed by atoms with E-state index in [0.717, 1.165) is 41.1 Å². The van der Waals surface area contributed by atoms with Gasteiger partial charge in [0.05, 0.1) is 23.3 Å². The van der Waals surface area contributed by atoms with Gasteiger partial charge in [-0.05, 0) is 43.3 Å². The highest BCUT2D eigenvalue weighted by Crippen LogP contribution is 2.34. The number of hydrogen-bond acceptors (Lipinski definition) is 5. The molecule has 0 radical (unpaired) electrons. The van der Waals surface area contributed by atoms with E-state index in [0.29, 0.717) is 0 Å². The van der Waals surface area contributed by atoms with Gasteiger partial charge >= 0.3 is 0 Å². The molecule has 2 aromatic carbocycles. The second-order valence-electron chi connectivity index (χ2n) is 7.37. The Morgan fingerprint density at radius 3 is 2.62 bits per heavy atom. The van der Waals surface area contributed by atoms with E-state index in [9.17, 15) is 4.39 Å². The van der Waals surface area contributed by atoms with Crippen molar-refractivity contribution in [3.63, 3.8) is 0 Å². The van der Waals surface area contributed by atoms with Crippen molar-refractivity contribution in [3.05, 3.63) is 78.5 Å². The summed E-state index contributed by atoms with van der Waals surface area (Å²) in [5, 5.41) is 9.01. The first kappa shape index (κ1) is 17.8. The van der Waals surface area contributed by atoms with Crippen molar-refractivity contribution in [2.24, 2.45) is 0 Å². The zero-order valence-electron chi connectivity index (χ0n) is 16.0. The van der Waals surface area contributed by atoms with Crippen LogP contribution >= 0.6 is 0 Å². The summed E-state index contributed by atoms with van der Waals surface area (Å²) < 4.78 is 15.2. The van der Waals surface area contributed by atoms with Crippen LogP contribution in [0.25, 0.3) is 16.7 Å². The predicted molar refractivity (Wildman–Crippen MR) is 110 cm³/mol. The third kappa shape index (κ3) is 3.23. The molecule has 2 unspecified atom stereocenters. The smallest absolute Gasteiger partial charge is 0.168 e. The van der Waals surface area contributed by atoms with Gasteiger partial charge in [-0.3, -0.25) is 4.90 Å². The maximum Gasteiger partial charge on any atom is 0.168 e. The first-order valence-electron chi connectivity index (χ1n) is 9.67. The minimum absolute atomic E-state index is 0.143. The Morgan fingerprint density at radius 2 is 1.83 bits per heavy atom. The second-order valence-corrected chi connectivity index (χ2v) is 7.37. The number of anilines is 1. The third-order valence-corrected chi connectivity index (χ3v) is 5.55. The van der Waals surface area contributed by atoms with Gasteiger partial charge in [0.15, 0.2) is 5.65 Å². The molecule has 2 aromatic heterocycles. The average molecular weight is 388 g/mol. The fourth-order valence-electron chi connectivity index (χ4n) is 4.14. The fraction of sp³-hybridized carbons (Fsp3) is 0.227. The van der Waals surface area contributed by atoms with Gasteiger partial charge in [-0.1, -0.05) is 30.3 Å². The average Bonchev–Trinajstić information content (AvgIpc) is 3.34. The van der Waals surface area contributed by atoms with Crippen molar-refractivity contribution < 1.29 is 4.39 Å². The van der Waals surface area contributed by atoms with Crippen LogP contribution in [-0.4, -0.2) is 44.3 Å². The van der Waals surface area contributed by atoms with Gasteiger partial charge in [0, 0.05) is 12.6 Å². The van der Waals surface area contributed by atoms with Crippen LogP contribution in [-0.2, 0) is 0 Å². The lowest BCUT2D eigenvalue weighted by molar-refractivity contribution is 0.309. The Bertz CT molecular complexity index is 1130. The summed E-state index contributed by atoms with van der Waals surface area (Å²) in [6, 6.07) is 17.0. The number of benzene rings is 2. The van der Waals surface area contributed by atoms with Crippen LogP contribution in [0.2, 0.25) is 0 Å². The van der Waals surface area contributed by atoms with Gasteiger partial charge in [0.25, 0.3) is 0 Å². The maximum atomic E-state index is 13.4. The topological polar surface area (TPSA) is 58.9 Å². The fourth-order valence-corrected chi connectivity index (χ4v) is 4.14. The number of likely N-dealkylation sites (N-methyl/N-ethyl adjacent to an activating group) is 1. The van der Waals surface area contributed by atoms with Crippen molar-refractivity contribution in [2.75, 3.05) is 18.9 Å². The molecule has 146 valence electrons. The first-order chi connectivity index (χ1) is 14.2. The molecule has 1 N–H and O–H groups in total. The van der Waals surface area contributed by atoms with E-state index < -0.39 is 0 Å². The number of para-hydroxylation sites is 1. The van der Waals surface area contributed by atoms with Crippen molar-refractivity contribution >= 4 is 16.9 Å². The molecule has 0 bridgehead atoms. The number of aromatic nitrogens is 4. The quantitative estimate of drug-likeness (QED) is 0.576. The standard InChI is InChI=1S/C22H21FN6/c1-28-12-11-19(20(28)15-7-9-16(23)10-8-15)27-21-18-13-26-29(22(18)25-14-24-21)17-5-3-2-4-6-17/h2-10,13-14,19-20H,11-12H2,1H3,(H,24,25,27). The molecule has 1 aliphatic rings. The molecular weight excluding hydrogens is 367 g/mol. The minimum atomic E-state index is -0.218. The molecule has 0 amide bonds. The van der Waals surface area contributed by atoms with Crippen LogP contribution in [0.5, 0.6) is 0 Å². The lowest BCUT2D eigenvalue weighted by Crippen LogP contribution is -2.29. The second kappa shape index (κ2) is 7.25. The molecule has 29 heavy (non-hydrogen) atoms. The highest BCUT2D eigenvalue weighted by molar-refractivity contribution is 5.87. The van der Waals surface area contributed by atoms with Crippen molar-refractivity contribution in [1.29, 1.82) is 0 Å². The van der Waals surface area contributed by atoms with Crippen LogP contribution in [0, 0.1) is 5.82 Å². The number of nitrogens with one attached hydrogen (secondary N) is 1. The molecule has 2 atom stereocenters. The van der Waals surface area contributed by atoms with Crippen molar-refractivity contribution in [1.82, 2.24) is 24.6 Å². The number of nitrogens with zero attached hydrogens (tertiary/aromatic N) is 5. The Labute approximate surface area is 168 Å². The molecule has 0 saturated carbocycles. The van der Waals surface area contributed by atoms with Crippen LogP contribution in [0.1, 0.15) is 18.0 Å². The third-order valence-electron chi connectivity index (χ3n) is 5.55. The molecule has 0 spiro atoms. The summed E-state index contributed by atoms with van der Waals surface area (Å²) in [4.78, 5) is 11.2. The number of halogens is 1. The lowest BCUT2D eigenvalue weighted by atomic mass is 10.00. The lowest BCUT2D eigenvalue weighted by Gasteiger charge is -2.26. The van der Waals surface area contributed by atoms with E-state index in [1.807, 2.05) is 47.1 Å². The molecule has 1 saturated heterocycles. The van der Waals surface area contributed by atoms with Gasteiger partial charge in [0.2, 0.25) is 0 Å². The zero-order chi connectivity index (χ0) is 19.8. The first-order valence-corrected chi connectivity index (χ1v) is 9.67. The number of hydrogen-bond donors (Lipinski definition) is 1. The van der Waals surface area contributed by atoms with Gasteiger partial charge in [0.1, 0.15) is 18.0 Å². The Hall–Kier alpha value is -3.32. The van der Waals surface area contributed by atoms with Crippen molar-refractivity contribution in [2.45, 2.75) is 18.5 Å². The van der Waals surface area contributed by atoms with E-state index >= 15 is 0 Å². The largest absolute Gasteiger partial charge is 0.365 e. The molecule has 0 aliphatic carbocycles. The van der Waals surface area contributed by atoms with Gasteiger partial charge in [-0.25, -0.2) is 19.0 Å². The maximum absolute atomic E-state index is 13.4. The highest BCUT2D eigenvalue weighted by Gasteiger charge is 2.33. The van der Waals surface area contributed by atoms with Gasteiger partial charge in [-0.15, -0.1) is 0 Å². The summed E-state index contributed by atoms with van der Waals surface area (Å²) in [6.07, 6.45) is 4.34. The van der Waals surface area contributed by atoms with E-state index in [4.69, 9.17) is 0 Å². The molecule has 7 heteroatoms. The van der Waals surface area contributed by atoms with Crippen LogP contribution < -0.4 is 5.32 Å². The molecule has 3 heterocycles. The number of likely N-dealkylation sites (tertiary alicyclic amines) is 1. The summed E-state index contributed by atoms with van der Waals surface area (Å²) >= 11 is 0. The minimum Gasteiger partial charge on any atom is -0.365 e. The number of rotatable bonds is 4.